The van der Waals surface area contributed by atoms with Gasteiger partial charge in [-0.3, -0.25) is 9.78 Å². The molecule has 3 rings (SSSR count). The number of nitrogens with two attached hydrogens (primary N) is 2. The Labute approximate surface area is 121 Å². The normalized spacial score (nSPS) is 10.5. The van der Waals surface area contributed by atoms with Gasteiger partial charge in [-0.05, 0) is 42.5 Å². The second-order valence-electron chi connectivity index (χ2n) is 4.54. The van der Waals surface area contributed by atoms with E-state index in [1.54, 1.807) is 42.6 Å². The van der Waals surface area contributed by atoms with E-state index in [0.29, 0.717) is 28.3 Å². The quantitative estimate of drug-likeness (QED) is 0.721. The Morgan fingerprint density at radius 2 is 1.81 bits per heavy atom. The summed E-state index contributed by atoms with van der Waals surface area (Å²) in [5, 5.41) is 0.830. The predicted octanol–water partition coefficient (Wildman–Crippen LogP) is 2.71. The fourth-order valence-corrected chi connectivity index (χ4v) is 2.08. The Kier molecular flexibility index (Phi) is 3.16. The standard InChI is InChI=1S/C16H13N3O2/c17-13-3-1-2-12-14(8-9-19-15(12)13)21-11-6-4-10(5-7-11)16(18)20/h1-9H,17H2,(H2,18,20). The van der Waals surface area contributed by atoms with Crippen molar-refractivity contribution in [3.8, 4) is 11.5 Å². The highest BCUT2D eigenvalue weighted by molar-refractivity contribution is 5.94. The summed E-state index contributed by atoms with van der Waals surface area (Å²) in [5.41, 5.74) is 12.8. The van der Waals surface area contributed by atoms with Crippen LogP contribution in [0, 0.1) is 0 Å². The van der Waals surface area contributed by atoms with Gasteiger partial charge in [0.1, 0.15) is 11.5 Å². The van der Waals surface area contributed by atoms with Gasteiger partial charge >= 0.3 is 0 Å². The first-order chi connectivity index (χ1) is 10.1. The Bertz CT molecular complexity index is 813. The first-order valence-electron chi connectivity index (χ1n) is 6.36. The Morgan fingerprint density at radius 1 is 1.05 bits per heavy atom. The minimum Gasteiger partial charge on any atom is -0.457 e. The number of pyridine rings is 1. The maximum atomic E-state index is 11.0. The molecule has 0 spiro atoms. The summed E-state index contributed by atoms with van der Waals surface area (Å²) in [4.78, 5) is 15.3. The Balaban J connectivity index is 1.98. The van der Waals surface area contributed by atoms with Crippen molar-refractivity contribution in [3.05, 3.63) is 60.3 Å². The molecular weight excluding hydrogens is 266 g/mol. The molecule has 1 amide bonds. The van der Waals surface area contributed by atoms with Crippen molar-refractivity contribution in [1.82, 2.24) is 4.98 Å². The number of amides is 1. The van der Waals surface area contributed by atoms with Gasteiger partial charge in [-0.15, -0.1) is 0 Å². The van der Waals surface area contributed by atoms with E-state index >= 15 is 0 Å². The van der Waals surface area contributed by atoms with Crippen molar-refractivity contribution in [3.63, 3.8) is 0 Å². The van der Waals surface area contributed by atoms with E-state index in [1.807, 2.05) is 12.1 Å². The van der Waals surface area contributed by atoms with Crippen molar-refractivity contribution in [2.45, 2.75) is 0 Å². The Morgan fingerprint density at radius 3 is 2.52 bits per heavy atom. The molecule has 104 valence electrons. The zero-order chi connectivity index (χ0) is 14.8. The minimum absolute atomic E-state index is 0.436. The molecule has 3 aromatic rings. The molecule has 4 N–H and O–H groups in total. The predicted molar refractivity (Wildman–Crippen MR) is 81.2 cm³/mol. The van der Waals surface area contributed by atoms with Crippen LogP contribution < -0.4 is 16.2 Å². The molecule has 0 aliphatic rings. The molecule has 0 unspecified atom stereocenters. The van der Waals surface area contributed by atoms with Crippen molar-refractivity contribution in [2.75, 3.05) is 5.73 Å². The van der Waals surface area contributed by atoms with Crippen LogP contribution in [-0.4, -0.2) is 10.9 Å². The van der Waals surface area contributed by atoms with Crippen LogP contribution in [0.15, 0.2) is 54.7 Å². The van der Waals surface area contributed by atoms with Crippen LogP contribution in [0.2, 0.25) is 0 Å². The molecule has 0 radical (unpaired) electrons. The lowest BCUT2D eigenvalue weighted by atomic mass is 10.1. The van der Waals surface area contributed by atoms with Crippen molar-refractivity contribution in [2.24, 2.45) is 5.73 Å². The molecule has 5 nitrogen and oxygen atoms in total. The SMILES string of the molecule is NC(=O)c1ccc(Oc2ccnc3c(N)cccc23)cc1. The number of rotatable bonds is 3. The van der Waals surface area contributed by atoms with E-state index in [0.717, 1.165) is 5.39 Å². The number of anilines is 1. The molecule has 0 fully saturated rings. The fraction of sp³-hybridized carbons (Fsp3) is 0. The van der Waals surface area contributed by atoms with E-state index in [2.05, 4.69) is 4.98 Å². The maximum absolute atomic E-state index is 11.0. The first-order valence-corrected chi connectivity index (χ1v) is 6.36. The van der Waals surface area contributed by atoms with Gasteiger partial charge in [-0.2, -0.15) is 0 Å². The monoisotopic (exact) mass is 279 g/mol. The highest BCUT2D eigenvalue weighted by atomic mass is 16.5. The van der Waals surface area contributed by atoms with Crippen LogP contribution in [0.5, 0.6) is 11.5 Å². The van der Waals surface area contributed by atoms with Crippen LogP contribution in [0.1, 0.15) is 10.4 Å². The molecule has 21 heavy (non-hydrogen) atoms. The summed E-state index contributed by atoms with van der Waals surface area (Å²) < 4.78 is 5.83. The van der Waals surface area contributed by atoms with Gasteiger partial charge in [0.05, 0.1) is 11.2 Å². The number of benzene rings is 2. The number of ether oxygens (including phenoxy) is 1. The lowest BCUT2D eigenvalue weighted by molar-refractivity contribution is 0.100. The van der Waals surface area contributed by atoms with Crippen LogP contribution in [0.25, 0.3) is 10.9 Å². The Hall–Kier alpha value is -3.08. The molecule has 0 atom stereocenters. The number of carbonyl (C=O) groups is 1. The molecule has 0 saturated heterocycles. The third-order valence-electron chi connectivity index (χ3n) is 3.13. The summed E-state index contributed by atoms with van der Waals surface area (Å²) in [6.45, 7) is 0. The van der Waals surface area contributed by atoms with Crippen LogP contribution >= 0.6 is 0 Å². The van der Waals surface area contributed by atoms with E-state index in [1.165, 1.54) is 0 Å². The first kappa shape index (κ1) is 12.9. The summed E-state index contributed by atoms with van der Waals surface area (Å²) in [6.07, 6.45) is 1.64. The van der Waals surface area contributed by atoms with E-state index in [-0.39, 0.29) is 0 Å². The van der Waals surface area contributed by atoms with Gasteiger partial charge in [0, 0.05) is 17.1 Å². The topological polar surface area (TPSA) is 91.2 Å². The van der Waals surface area contributed by atoms with E-state index in [9.17, 15) is 4.79 Å². The number of fused-ring (bicyclic) bond motifs is 1. The summed E-state index contributed by atoms with van der Waals surface area (Å²) in [6, 6.07) is 13.9. The van der Waals surface area contributed by atoms with Gasteiger partial charge in [0.15, 0.2) is 0 Å². The van der Waals surface area contributed by atoms with Gasteiger partial charge in [0.25, 0.3) is 0 Å². The lowest BCUT2D eigenvalue weighted by Crippen LogP contribution is -2.10. The second-order valence-corrected chi connectivity index (χ2v) is 4.54. The van der Waals surface area contributed by atoms with Gasteiger partial charge in [0.2, 0.25) is 5.91 Å². The number of primary amides is 1. The highest BCUT2D eigenvalue weighted by Crippen LogP contribution is 2.30. The van der Waals surface area contributed by atoms with Crippen molar-refractivity contribution >= 4 is 22.5 Å². The number of para-hydroxylation sites is 1. The number of hydrogen-bond acceptors (Lipinski definition) is 4. The number of nitrogens with zero attached hydrogens (tertiary/aromatic N) is 1. The number of aromatic nitrogens is 1. The average Bonchev–Trinajstić information content (AvgIpc) is 2.49. The summed E-state index contributed by atoms with van der Waals surface area (Å²) in [7, 11) is 0. The van der Waals surface area contributed by atoms with Crippen LogP contribution in [-0.2, 0) is 0 Å². The van der Waals surface area contributed by atoms with Gasteiger partial charge in [-0.25, -0.2) is 0 Å². The van der Waals surface area contributed by atoms with E-state index < -0.39 is 5.91 Å². The second kappa shape index (κ2) is 5.13. The summed E-state index contributed by atoms with van der Waals surface area (Å²) in [5.74, 6) is 0.790. The molecule has 0 aliphatic carbocycles. The smallest absolute Gasteiger partial charge is 0.248 e. The molecule has 2 aromatic carbocycles. The third kappa shape index (κ3) is 2.49. The van der Waals surface area contributed by atoms with E-state index in [4.69, 9.17) is 16.2 Å². The van der Waals surface area contributed by atoms with Crippen molar-refractivity contribution in [1.29, 1.82) is 0 Å². The molecule has 0 saturated carbocycles. The molecule has 5 heteroatoms. The molecule has 0 bridgehead atoms. The number of hydrogen-bond donors (Lipinski definition) is 2. The highest BCUT2D eigenvalue weighted by Gasteiger charge is 2.07. The zero-order valence-corrected chi connectivity index (χ0v) is 11.1. The number of carbonyl (C=O) groups excluding carboxylic acids is 1. The van der Waals surface area contributed by atoms with Crippen LogP contribution in [0.3, 0.4) is 0 Å². The zero-order valence-electron chi connectivity index (χ0n) is 11.1. The molecule has 1 aromatic heterocycles. The fourth-order valence-electron chi connectivity index (χ4n) is 2.08. The molecule has 1 heterocycles. The lowest BCUT2D eigenvalue weighted by Gasteiger charge is -2.09. The van der Waals surface area contributed by atoms with Crippen LogP contribution in [0.4, 0.5) is 5.69 Å². The maximum Gasteiger partial charge on any atom is 0.248 e. The van der Waals surface area contributed by atoms with Gasteiger partial charge in [-0.1, -0.05) is 6.07 Å². The van der Waals surface area contributed by atoms with Gasteiger partial charge < -0.3 is 16.2 Å². The molecule has 0 aliphatic heterocycles. The average molecular weight is 279 g/mol. The van der Waals surface area contributed by atoms with Crippen molar-refractivity contribution < 1.29 is 9.53 Å². The minimum atomic E-state index is -0.469. The third-order valence-corrected chi connectivity index (χ3v) is 3.13. The molecular formula is C16H13N3O2. The number of nitrogen functional groups attached to an aromatic ring is 1. The largest absolute Gasteiger partial charge is 0.457 e. The summed E-state index contributed by atoms with van der Waals surface area (Å²) >= 11 is 0.